The van der Waals surface area contributed by atoms with Crippen molar-refractivity contribution < 1.29 is 13.2 Å². The monoisotopic (exact) mass is 379 g/mol. The van der Waals surface area contributed by atoms with Crippen molar-refractivity contribution in [2.24, 2.45) is 0 Å². The third-order valence-electron chi connectivity index (χ3n) is 5.30. The predicted molar refractivity (Wildman–Crippen MR) is 104 cm³/mol. The highest BCUT2D eigenvalue weighted by Crippen LogP contribution is 2.38. The molecule has 0 spiro atoms. The normalized spacial score (nSPS) is 15.8. The van der Waals surface area contributed by atoms with Crippen LogP contribution < -0.4 is 10.0 Å². The van der Waals surface area contributed by atoms with E-state index in [-0.39, 0.29) is 5.88 Å². The largest absolute Gasteiger partial charge is 0.332 e. The van der Waals surface area contributed by atoms with E-state index in [2.05, 4.69) is 16.1 Å². The Labute approximate surface area is 156 Å². The molecule has 2 amide bonds. The summed E-state index contributed by atoms with van der Waals surface area (Å²) >= 11 is 0. The smallest absolute Gasteiger partial charge is 0.307 e. The van der Waals surface area contributed by atoms with Gasteiger partial charge in [0.1, 0.15) is 5.88 Å². The van der Waals surface area contributed by atoms with Crippen LogP contribution in [0.3, 0.4) is 0 Å². The number of amides is 2. The second-order valence-electron chi connectivity index (χ2n) is 7.24. The standard InChI is InChI=1S/C19H29N3O3S/c1-3-11-22(4-2)13-26(24,25)21-19(23)20-18-16-9-5-7-14(16)12-15-8-6-10-17(15)18/h12H,3-11,13H2,1-2H3,(H2,20,21,23). The minimum Gasteiger partial charge on any atom is -0.307 e. The van der Waals surface area contributed by atoms with Crippen molar-refractivity contribution in [3.63, 3.8) is 0 Å². The van der Waals surface area contributed by atoms with E-state index in [0.29, 0.717) is 13.1 Å². The molecule has 2 aliphatic rings. The zero-order chi connectivity index (χ0) is 18.7. The number of nitrogens with zero attached hydrogens (tertiary/aromatic N) is 1. The third-order valence-corrected chi connectivity index (χ3v) is 6.50. The predicted octanol–water partition coefficient (Wildman–Crippen LogP) is 2.80. The van der Waals surface area contributed by atoms with Crippen LogP contribution >= 0.6 is 0 Å². The van der Waals surface area contributed by atoms with Gasteiger partial charge in [0, 0.05) is 5.69 Å². The Balaban J connectivity index is 1.73. The molecule has 0 bridgehead atoms. The van der Waals surface area contributed by atoms with Crippen LogP contribution in [0.1, 0.15) is 55.4 Å². The number of carbonyl (C=O) groups excluding carboxylic acids is 1. The molecule has 0 atom stereocenters. The molecule has 2 N–H and O–H groups in total. The fourth-order valence-electron chi connectivity index (χ4n) is 4.15. The van der Waals surface area contributed by atoms with Crippen molar-refractivity contribution in [3.05, 3.63) is 28.3 Å². The number of fused-ring (bicyclic) bond motifs is 2. The molecular formula is C19H29N3O3S. The summed E-state index contributed by atoms with van der Waals surface area (Å²) < 4.78 is 26.8. The zero-order valence-corrected chi connectivity index (χ0v) is 16.5. The number of rotatable bonds is 7. The molecule has 7 heteroatoms. The topological polar surface area (TPSA) is 78.5 Å². The first-order valence-corrected chi connectivity index (χ1v) is 11.3. The lowest BCUT2D eigenvalue weighted by atomic mass is 9.99. The summed E-state index contributed by atoms with van der Waals surface area (Å²) in [6.45, 7) is 5.25. The van der Waals surface area contributed by atoms with Crippen LogP contribution in [0.4, 0.5) is 10.5 Å². The molecule has 0 radical (unpaired) electrons. The number of hydrogen-bond acceptors (Lipinski definition) is 4. The summed E-state index contributed by atoms with van der Waals surface area (Å²) in [6, 6.07) is 1.64. The first-order valence-electron chi connectivity index (χ1n) is 9.63. The number of hydrogen-bond donors (Lipinski definition) is 2. The maximum atomic E-state index is 12.4. The molecular weight excluding hydrogens is 350 g/mol. The first kappa shape index (κ1) is 19.2. The van der Waals surface area contributed by atoms with Gasteiger partial charge in [0.25, 0.3) is 0 Å². The molecule has 6 nitrogen and oxygen atoms in total. The number of carbonyl (C=O) groups is 1. The molecule has 3 rings (SSSR count). The molecule has 0 heterocycles. The van der Waals surface area contributed by atoms with Gasteiger partial charge in [0.05, 0.1) is 0 Å². The second kappa shape index (κ2) is 7.96. The Kier molecular flexibility index (Phi) is 5.87. The minimum atomic E-state index is -3.70. The molecule has 2 aliphatic carbocycles. The number of urea groups is 1. The first-order chi connectivity index (χ1) is 12.4. The number of sulfonamides is 1. The molecule has 1 aromatic carbocycles. The maximum absolute atomic E-state index is 12.4. The fourth-order valence-corrected chi connectivity index (χ4v) is 5.34. The third kappa shape index (κ3) is 4.20. The van der Waals surface area contributed by atoms with Crippen molar-refractivity contribution in [1.29, 1.82) is 0 Å². The molecule has 144 valence electrons. The van der Waals surface area contributed by atoms with Gasteiger partial charge in [0.15, 0.2) is 0 Å². The van der Waals surface area contributed by atoms with Gasteiger partial charge in [-0.2, -0.15) is 0 Å². The highest BCUT2D eigenvalue weighted by atomic mass is 32.2. The molecule has 0 unspecified atom stereocenters. The van der Waals surface area contributed by atoms with Gasteiger partial charge in [-0.05, 0) is 80.3 Å². The quantitative estimate of drug-likeness (QED) is 0.764. The van der Waals surface area contributed by atoms with E-state index in [1.807, 2.05) is 18.7 Å². The van der Waals surface area contributed by atoms with E-state index in [1.54, 1.807) is 0 Å². The van der Waals surface area contributed by atoms with Crippen molar-refractivity contribution in [1.82, 2.24) is 9.62 Å². The Morgan fingerprint density at radius 3 is 2.23 bits per heavy atom. The molecule has 0 saturated heterocycles. The van der Waals surface area contributed by atoms with Gasteiger partial charge >= 0.3 is 6.03 Å². The summed E-state index contributed by atoms with van der Waals surface area (Å²) in [4.78, 5) is 14.2. The van der Waals surface area contributed by atoms with E-state index >= 15 is 0 Å². The van der Waals surface area contributed by atoms with Gasteiger partial charge in [-0.25, -0.2) is 17.9 Å². The van der Waals surface area contributed by atoms with Crippen molar-refractivity contribution >= 4 is 21.7 Å². The van der Waals surface area contributed by atoms with Crippen LogP contribution in [0.15, 0.2) is 6.07 Å². The van der Waals surface area contributed by atoms with Crippen LogP contribution in [0.2, 0.25) is 0 Å². The van der Waals surface area contributed by atoms with Gasteiger partial charge in [-0.3, -0.25) is 4.90 Å². The lowest BCUT2D eigenvalue weighted by molar-refractivity contribution is 0.256. The average Bonchev–Trinajstić information content (AvgIpc) is 3.22. The SMILES string of the molecule is CCCN(CC)CS(=O)(=O)NC(=O)Nc1c2c(cc3c1CCC3)CCC2. The van der Waals surface area contributed by atoms with Gasteiger partial charge < -0.3 is 5.32 Å². The minimum absolute atomic E-state index is 0.157. The summed E-state index contributed by atoms with van der Waals surface area (Å²) in [5.41, 5.74) is 5.87. The lowest BCUT2D eigenvalue weighted by Gasteiger charge is -2.20. The number of anilines is 1. The maximum Gasteiger partial charge on any atom is 0.332 e. The summed E-state index contributed by atoms with van der Waals surface area (Å²) in [5, 5.41) is 2.87. The Morgan fingerprint density at radius 2 is 1.69 bits per heavy atom. The summed E-state index contributed by atoms with van der Waals surface area (Å²) in [7, 11) is -3.70. The van der Waals surface area contributed by atoms with Crippen LogP contribution in [0, 0.1) is 0 Å². The Morgan fingerprint density at radius 1 is 1.08 bits per heavy atom. The lowest BCUT2D eigenvalue weighted by Crippen LogP contribution is -2.42. The Bertz CT molecular complexity index is 757. The van der Waals surface area contributed by atoms with Crippen LogP contribution in [-0.4, -0.2) is 38.3 Å². The van der Waals surface area contributed by atoms with Crippen LogP contribution in [0.5, 0.6) is 0 Å². The molecule has 1 aromatic rings. The van der Waals surface area contributed by atoms with Crippen molar-refractivity contribution in [2.75, 3.05) is 24.3 Å². The summed E-state index contributed by atoms with van der Waals surface area (Å²) in [6.07, 6.45) is 7.04. The highest BCUT2D eigenvalue weighted by Gasteiger charge is 2.26. The number of nitrogens with one attached hydrogen (secondary N) is 2. The molecule has 0 aliphatic heterocycles. The van der Waals surface area contributed by atoms with Crippen molar-refractivity contribution in [2.45, 2.75) is 58.8 Å². The molecule has 0 fully saturated rings. The van der Waals surface area contributed by atoms with Crippen LogP contribution in [0.25, 0.3) is 0 Å². The van der Waals surface area contributed by atoms with E-state index in [0.717, 1.165) is 50.6 Å². The van der Waals surface area contributed by atoms with E-state index in [4.69, 9.17) is 0 Å². The number of aryl methyl sites for hydroxylation is 2. The average molecular weight is 380 g/mol. The van der Waals surface area contributed by atoms with Crippen molar-refractivity contribution in [3.8, 4) is 0 Å². The fraction of sp³-hybridized carbons (Fsp3) is 0.632. The highest BCUT2D eigenvalue weighted by molar-refractivity contribution is 7.89. The molecule has 0 aromatic heterocycles. The molecule has 26 heavy (non-hydrogen) atoms. The van der Waals surface area contributed by atoms with Gasteiger partial charge in [-0.15, -0.1) is 0 Å². The second-order valence-corrected chi connectivity index (χ2v) is 8.94. The van der Waals surface area contributed by atoms with E-state index < -0.39 is 16.1 Å². The summed E-state index contributed by atoms with van der Waals surface area (Å²) in [5.74, 6) is -0.157. The zero-order valence-electron chi connectivity index (χ0n) is 15.7. The van der Waals surface area contributed by atoms with E-state index in [9.17, 15) is 13.2 Å². The van der Waals surface area contributed by atoms with E-state index in [1.165, 1.54) is 22.3 Å². The molecule has 0 saturated carbocycles. The van der Waals surface area contributed by atoms with Gasteiger partial charge in [0.2, 0.25) is 10.0 Å². The van der Waals surface area contributed by atoms with Crippen LogP contribution in [-0.2, 0) is 35.7 Å². The number of benzene rings is 1. The Hall–Kier alpha value is -1.60. The van der Waals surface area contributed by atoms with Gasteiger partial charge in [-0.1, -0.05) is 19.9 Å².